The fourth-order valence-electron chi connectivity index (χ4n) is 1.14. The summed E-state index contributed by atoms with van der Waals surface area (Å²) in [6.07, 6.45) is 0. The number of nitrogens with two attached hydrogens (primary N) is 1. The van der Waals surface area contributed by atoms with Gasteiger partial charge in [0, 0.05) is 13.5 Å². The summed E-state index contributed by atoms with van der Waals surface area (Å²) in [7, 11) is -4.02. The van der Waals surface area contributed by atoms with Gasteiger partial charge in [0.15, 0.2) is 0 Å². The van der Waals surface area contributed by atoms with Gasteiger partial charge in [-0.25, -0.2) is 0 Å². The van der Waals surface area contributed by atoms with E-state index in [-0.39, 0.29) is 10.9 Å². The molecule has 0 aliphatic rings. The third-order valence-corrected chi connectivity index (χ3v) is 2.98. The lowest BCUT2D eigenvalue weighted by Gasteiger charge is -2.01. The molecule has 0 atom stereocenters. The zero-order chi connectivity index (χ0) is 16.3. The number of benzene rings is 1. The standard InChI is InChI=1S/C7H8O3S.C6H13NO3/c1-6-2-4-7(5-3-6)11(8,9)10;1-6(8)10-5-4-9-3-2-7/h2-5H,1H3,(H,8,9,10);2-5,7H2,1H3. The van der Waals surface area contributed by atoms with E-state index in [0.29, 0.717) is 26.4 Å². The predicted molar refractivity (Wildman–Crippen MR) is 77.5 cm³/mol. The van der Waals surface area contributed by atoms with Crippen molar-refractivity contribution in [3.8, 4) is 0 Å². The normalized spacial score (nSPS) is 10.5. The molecule has 1 rings (SSSR count). The van der Waals surface area contributed by atoms with E-state index >= 15 is 0 Å². The Morgan fingerprint density at radius 1 is 1.19 bits per heavy atom. The first kappa shape index (κ1) is 19.5. The molecule has 0 fully saturated rings. The third kappa shape index (κ3) is 10.9. The number of aryl methyl sites for hydroxylation is 1. The second-order valence-electron chi connectivity index (χ2n) is 4.03. The number of rotatable bonds is 6. The Hall–Kier alpha value is -1.48. The van der Waals surface area contributed by atoms with Crippen LogP contribution in [-0.2, 0) is 24.4 Å². The summed E-state index contributed by atoms with van der Waals surface area (Å²) in [5, 5.41) is 0. The summed E-state index contributed by atoms with van der Waals surface area (Å²) >= 11 is 0. The molecule has 8 heteroatoms. The molecule has 0 saturated heterocycles. The summed E-state index contributed by atoms with van der Waals surface area (Å²) in [6, 6.07) is 5.99. The van der Waals surface area contributed by atoms with Crippen molar-refractivity contribution in [2.45, 2.75) is 18.7 Å². The highest BCUT2D eigenvalue weighted by Crippen LogP contribution is 2.08. The van der Waals surface area contributed by atoms with E-state index in [2.05, 4.69) is 4.74 Å². The highest BCUT2D eigenvalue weighted by Gasteiger charge is 2.06. The van der Waals surface area contributed by atoms with Crippen LogP contribution in [0, 0.1) is 6.92 Å². The molecule has 0 amide bonds. The topological polar surface area (TPSA) is 116 Å². The van der Waals surface area contributed by atoms with E-state index in [1.807, 2.05) is 6.92 Å². The van der Waals surface area contributed by atoms with Crippen molar-refractivity contribution in [1.29, 1.82) is 0 Å². The van der Waals surface area contributed by atoms with Crippen LogP contribution in [0.25, 0.3) is 0 Å². The van der Waals surface area contributed by atoms with E-state index in [9.17, 15) is 13.2 Å². The number of hydrogen-bond acceptors (Lipinski definition) is 6. The predicted octanol–water partition coefficient (Wildman–Crippen LogP) is 0.767. The summed E-state index contributed by atoms with van der Waals surface area (Å²) in [4.78, 5) is 10.1. The molecule has 0 bridgehead atoms. The van der Waals surface area contributed by atoms with Crippen LogP contribution in [0.4, 0.5) is 0 Å². The molecule has 120 valence electrons. The van der Waals surface area contributed by atoms with Crippen molar-refractivity contribution in [3.05, 3.63) is 29.8 Å². The van der Waals surface area contributed by atoms with Gasteiger partial charge in [0.25, 0.3) is 10.1 Å². The molecule has 1 aromatic carbocycles. The number of hydrogen-bond donors (Lipinski definition) is 2. The second-order valence-corrected chi connectivity index (χ2v) is 5.45. The molecule has 0 aliphatic heterocycles. The Bertz CT molecular complexity index is 512. The Kier molecular flexibility index (Phi) is 9.55. The van der Waals surface area contributed by atoms with Gasteiger partial charge in [0.1, 0.15) is 6.61 Å². The maximum atomic E-state index is 10.5. The van der Waals surface area contributed by atoms with Crippen LogP contribution in [-0.4, -0.2) is 45.3 Å². The van der Waals surface area contributed by atoms with Gasteiger partial charge in [-0.2, -0.15) is 8.42 Å². The third-order valence-electron chi connectivity index (χ3n) is 2.11. The summed E-state index contributed by atoms with van der Waals surface area (Å²) in [6.45, 7) is 4.96. The van der Waals surface area contributed by atoms with Crippen LogP contribution >= 0.6 is 0 Å². The van der Waals surface area contributed by atoms with Crippen LogP contribution in [0.5, 0.6) is 0 Å². The van der Waals surface area contributed by atoms with Crippen molar-refractivity contribution in [2.24, 2.45) is 5.73 Å². The summed E-state index contributed by atoms with van der Waals surface area (Å²) < 4.78 is 39.1. The Balaban J connectivity index is 0.000000384. The van der Waals surface area contributed by atoms with Crippen LogP contribution in [0.2, 0.25) is 0 Å². The number of carbonyl (C=O) groups is 1. The molecular weight excluding hydrogens is 298 g/mol. The minimum absolute atomic E-state index is 0.0666. The van der Waals surface area contributed by atoms with Gasteiger partial charge < -0.3 is 15.2 Å². The van der Waals surface area contributed by atoms with Gasteiger partial charge in [-0.05, 0) is 19.1 Å². The Morgan fingerprint density at radius 2 is 1.76 bits per heavy atom. The molecule has 0 spiro atoms. The van der Waals surface area contributed by atoms with Crippen molar-refractivity contribution in [2.75, 3.05) is 26.4 Å². The zero-order valence-corrected chi connectivity index (χ0v) is 12.9. The van der Waals surface area contributed by atoms with E-state index < -0.39 is 10.1 Å². The monoisotopic (exact) mass is 319 g/mol. The van der Waals surface area contributed by atoms with Gasteiger partial charge >= 0.3 is 5.97 Å². The molecule has 1 aromatic rings. The first-order valence-electron chi connectivity index (χ1n) is 6.22. The second kappa shape index (κ2) is 10.3. The molecule has 0 unspecified atom stereocenters. The summed E-state index contributed by atoms with van der Waals surface area (Å²) in [5.74, 6) is -0.281. The number of ether oxygens (including phenoxy) is 2. The van der Waals surface area contributed by atoms with Crippen molar-refractivity contribution in [1.82, 2.24) is 0 Å². The molecule has 0 saturated carbocycles. The number of carbonyl (C=O) groups excluding carboxylic acids is 1. The van der Waals surface area contributed by atoms with Gasteiger partial charge in [-0.15, -0.1) is 0 Å². The molecule has 21 heavy (non-hydrogen) atoms. The molecule has 7 nitrogen and oxygen atoms in total. The molecule has 0 radical (unpaired) electrons. The minimum atomic E-state index is -4.02. The van der Waals surface area contributed by atoms with E-state index in [4.69, 9.17) is 15.0 Å². The average molecular weight is 319 g/mol. The van der Waals surface area contributed by atoms with E-state index in [1.54, 1.807) is 12.1 Å². The number of esters is 1. The average Bonchev–Trinajstić information content (AvgIpc) is 2.38. The minimum Gasteiger partial charge on any atom is -0.463 e. The first-order valence-corrected chi connectivity index (χ1v) is 7.66. The quantitative estimate of drug-likeness (QED) is 0.452. The maximum absolute atomic E-state index is 10.5. The highest BCUT2D eigenvalue weighted by molar-refractivity contribution is 7.85. The highest BCUT2D eigenvalue weighted by atomic mass is 32.2. The van der Waals surface area contributed by atoms with E-state index in [1.165, 1.54) is 19.1 Å². The lowest BCUT2D eigenvalue weighted by Crippen LogP contribution is -2.13. The van der Waals surface area contributed by atoms with Gasteiger partial charge in [-0.3, -0.25) is 9.35 Å². The zero-order valence-electron chi connectivity index (χ0n) is 12.1. The lowest BCUT2D eigenvalue weighted by molar-refractivity contribution is -0.142. The lowest BCUT2D eigenvalue weighted by atomic mass is 10.2. The van der Waals surface area contributed by atoms with Gasteiger partial charge in [-0.1, -0.05) is 17.7 Å². The summed E-state index contributed by atoms with van der Waals surface area (Å²) in [5.41, 5.74) is 6.09. The van der Waals surface area contributed by atoms with Crippen LogP contribution in [0.3, 0.4) is 0 Å². The molecule has 0 heterocycles. The molecule has 3 N–H and O–H groups in total. The smallest absolute Gasteiger partial charge is 0.302 e. The van der Waals surface area contributed by atoms with Crippen molar-refractivity contribution < 1.29 is 27.2 Å². The molecule has 0 aliphatic carbocycles. The Morgan fingerprint density at radius 3 is 2.19 bits per heavy atom. The fraction of sp³-hybridized carbons (Fsp3) is 0.462. The fourth-order valence-corrected chi connectivity index (χ4v) is 1.62. The van der Waals surface area contributed by atoms with Crippen LogP contribution in [0.15, 0.2) is 29.2 Å². The molecule has 0 aromatic heterocycles. The maximum Gasteiger partial charge on any atom is 0.302 e. The van der Waals surface area contributed by atoms with Crippen molar-refractivity contribution in [3.63, 3.8) is 0 Å². The van der Waals surface area contributed by atoms with Crippen LogP contribution in [0.1, 0.15) is 12.5 Å². The van der Waals surface area contributed by atoms with Crippen LogP contribution < -0.4 is 5.73 Å². The largest absolute Gasteiger partial charge is 0.463 e. The SMILES string of the molecule is CC(=O)OCCOCCN.Cc1ccc(S(=O)(=O)O)cc1. The van der Waals surface area contributed by atoms with Gasteiger partial charge in [0.2, 0.25) is 0 Å². The Labute approximate surface area is 124 Å². The first-order chi connectivity index (χ1) is 9.77. The van der Waals surface area contributed by atoms with E-state index in [0.717, 1.165) is 5.56 Å². The molecular formula is C13H21NO6S. The van der Waals surface area contributed by atoms with Gasteiger partial charge in [0.05, 0.1) is 18.1 Å². The van der Waals surface area contributed by atoms with Crippen molar-refractivity contribution >= 4 is 16.1 Å².